The summed E-state index contributed by atoms with van der Waals surface area (Å²) in [5.41, 5.74) is 0.852. The largest absolute Gasteiger partial charge is 0.478 e. The van der Waals surface area contributed by atoms with Gasteiger partial charge in [0.25, 0.3) is 0 Å². The fraction of sp³-hybridized carbons (Fsp3) is 0.345. The average Bonchev–Trinajstić information content (AvgIpc) is 3.28. The third-order valence-electron chi connectivity index (χ3n) is 7.22. The number of nitrogens with zero attached hydrogens (tertiary/aromatic N) is 4. The molecule has 0 saturated heterocycles. The van der Waals surface area contributed by atoms with Gasteiger partial charge in [-0.25, -0.2) is 19.2 Å². The van der Waals surface area contributed by atoms with Crippen molar-refractivity contribution in [1.82, 2.24) is 14.5 Å². The summed E-state index contributed by atoms with van der Waals surface area (Å²) < 4.78 is 77.0. The summed E-state index contributed by atoms with van der Waals surface area (Å²) in [4.78, 5) is 21.8. The number of fused-ring (bicyclic) bond motifs is 1. The van der Waals surface area contributed by atoms with Crippen LogP contribution < -0.4 is 14.4 Å². The number of aromatic nitrogens is 3. The molecule has 12 heteroatoms. The standard InChI is InChI=1S/C29H28ClF3N4O4/c1-36(29-35-26-23(37(29)2)12-18(27(38)39)13-24(26)41-28(32)33)20-10-7-16(8-11-20)22-4-3-5-25(34-22)40-15-17-6-9-19(30)14-21(17)31/h3-6,9,12-14,16,20,28H,7-8,10-11,15H2,1-2H3,(H,38,39)/i1D3. The maximum atomic E-state index is 14.1. The lowest BCUT2D eigenvalue weighted by molar-refractivity contribution is -0.0489. The summed E-state index contributed by atoms with van der Waals surface area (Å²) in [6.45, 7) is -5.91. The third-order valence-corrected chi connectivity index (χ3v) is 7.46. The highest BCUT2D eigenvalue weighted by Crippen LogP contribution is 2.37. The number of pyridine rings is 1. The topological polar surface area (TPSA) is 89.7 Å². The number of ether oxygens (including phenoxy) is 2. The van der Waals surface area contributed by atoms with E-state index in [2.05, 4.69) is 14.7 Å². The van der Waals surface area contributed by atoms with Crippen LogP contribution >= 0.6 is 11.6 Å². The number of anilines is 1. The van der Waals surface area contributed by atoms with E-state index in [0.29, 0.717) is 37.1 Å². The predicted octanol–water partition coefficient (Wildman–Crippen LogP) is 6.80. The molecule has 216 valence electrons. The molecule has 0 radical (unpaired) electrons. The Balaban J connectivity index is 1.35. The van der Waals surface area contributed by atoms with Gasteiger partial charge in [0.05, 0.1) is 11.1 Å². The second-order valence-electron chi connectivity index (χ2n) is 9.80. The van der Waals surface area contributed by atoms with E-state index in [1.165, 1.54) is 28.6 Å². The van der Waals surface area contributed by atoms with Crippen LogP contribution in [0.15, 0.2) is 48.5 Å². The Bertz CT molecular complexity index is 1680. The fourth-order valence-corrected chi connectivity index (χ4v) is 5.25. The number of rotatable bonds is 9. The van der Waals surface area contributed by atoms with E-state index in [0.717, 1.165) is 11.8 Å². The van der Waals surface area contributed by atoms with Gasteiger partial charge in [0.2, 0.25) is 11.8 Å². The van der Waals surface area contributed by atoms with Crippen LogP contribution in [0.25, 0.3) is 11.0 Å². The number of benzene rings is 2. The Labute approximate surface area is 243 Å². The molecule has 1 fully saturated rings. The Morgan fingerprint density at radius 3 is 2.66 bits per heavy atom. The molecule has 8 nitrogen and oxygen atoms in total. The molecular weight excluding hydrogens is 561 g/mol. The van der Waals surface area contributed by atoms with Crippen LogP contribution in [0.2, 0.25) is 5.02 Å². The average molecular weight is 592 g/mol. The number of imidazole rings is 1. The molecule has 1 N–H and O–H groups in total. The van der Waals surface area contributed by atoms with Gasteiger partial charge in [0.1, 0.15) is 17.9 Å². The van der Waals surface area contributed by atoms with Crippen molar-refractivity contribution in [1.29, 1.82) is 0 Å². The Morgan fingerprint density at radius 1 is 1.20 bits per heavy atom. The van der Waals surface area contributed by atoms with Gasteiger partial charge in [-0.05, 0) is 56.0 Å². The van der Waals surface area contributed by atoms with E-state index in [-0.39, 0.29) is 40.1 Å². The predicted molar refractivity (Wildman–Crippen MR) is 148 cm³/mol. The molecule has 4 aromatic rings. The number of hydrogen-bond acceptors (Lipinski definition) is 6. The SMILES string of the molecule is [2H]C([2H])([2H])N(c1nc2c(OC(F)F)cc(C(=O)O)cc2n1C)C1CCC(c2cccc(OCc3ccc(Cl)cc3F)n2)CC1. The van der Waals surface area contributed by atoms with E-state index in [1.54, 1.807) is 24.3 Å². The molecule has 1 aliphatic rings. The summed E-state index contributed by atoms with van der Waals surface area (Å²) in [7, 11) is 1.50. The monoisotopic (exact) mass is 591 g/mol. The number of alkyl halides is 2. The van der Waals surface area contributed by atoms with E-state index in [4.69, 9.17) is 20.5 Å². The summed E-state index contributed by atoms with van der Waals surface area (Å²) in [5.74, 6) is -1.99. The molecule has 0 aliphatic heterocycles. The van der Waals surface area contributed by atoms with E-state index in [1.807, 2.05) is 6.07 Å². The molecule has 0 amide bonds. The minimum absolute atomic E-state index is 0.00475. The first kappa shape index (κ1) is 24.8. The number of carboxylic acids is 1. The van der Waals surface area contributed by atoms with Gasteiger partial charge in [0, 0.05) is 52.4 Å². The van der Waals surface area contributed by atoms with Gasteiger partial charge in [-0.3, -0.25) is 0 Å². The number of carbonyl (C=O) groups is 1. The Morgan fingerprint density at radius 2 is 1.98 bits per heavy atom. The lowest BCUT2D eigenvalue weighted by atomic mass is 9.83. The Hall–Kier alpha value is -3.99. The molecule has 5 rings (SSSR count). The van der Waals surface area contributed by atoms with Gasteiger partial charge < -0.3 is 24.0 Å². The lowest BCUT2D eigenvalue weighted by Gasteiger charge is -2.35. The number of carboxylic acid groups (broad SMARTS) is 1. The van der Waals surface area contributed by atoms with Gasteiger partial charge in [-0.15, -0.1) is 0 Å². The molecule has 41 heavy (non-hydrogen) atoms. The van der Waals surface area contributed by atoms with Gasteiger partial charge in [0.15, 0.2) is 5.75 Å². The molecule has 2 aromatic carbocycles. The highest BCUT2D eigenvalue weighted by atomic mass is 35.5. The second-order valence-corrected chi connectivity index (χ2v) is 10.2. The van der Waals surface area contributed by atoms with Crippen molar-refractivity contribution in [2.75, 3.05) is 11.9 Å². The molecule has 2 heterocycles. The number of halogens is 4. The zero-order chi connectivity index (χ0) is 31.8. The maximum Gasteiger partial charge on any atom is 0.387 e. The van der Waals surface area contributed by atoms with Crippen molar-refractivity contribution < 1.29 is 36.7 Å². The fourth-order valence-electron chi connectivity index (χ4n) is 5.09. The molecular formula is C29H28ClF3N4O4. The highest BCUT2D eigenvalue weighted by Gasteiger charge is 2.29. The van der Waals surface area contributed by atoms with E-state index >= 15 is 0 Å². The van der Waals surface area contributed by atoms with Gasteiger partial charge in [-0.2, -0.15) is 8.78 Å². The van der Waals surface area contributed by atoms with Crippen LogP contribution in [-0.2, 0) is 13.7 Å². The smallest absolute Gasteiger partial charge is 0.387 e. The van der Waals surface area contributed by atoms with Crippen molar-refractivity contribution in [3.8, 4) is 11.6 Å². The van der Waals surface area contributed by atoms with Gasteiger partial charge >= 0.3 is 12.6 Å². The van der Waals surface area contributed by atoms with Crippen molar-refractivity contribution in [2.24, 2.45) is 7.05 Å². The molecule has 0 atom stereocenters. The second kappa shape index (κ2) is 11.9. The van der Waals surface area contributed by atoms with Crippen molar-refractivity contribution in [2.45, 2.75) is 50.9 Å². The maximum absolute atomic E-state index is 14.1. The van der Waals surface area contributed by atoms with Crippen molar-refractivity contribution in [3.05, 3.63) is 76.2 Å². The van der Waals surface area contributed by atoms with Crippen LogP contribution in [0.3, 0.4) is 0 Å². The zero-order valence-electron chi connectivity index (χ0n) is 24.9. The number of aromatic carboxylic acids is 1. The van der Waals surface area contributed by atoms with Crippen LogP contribution in [0.4, 0.5) is 19.1 Å². The van der Waals surface area contributed by atoms with Crippen LogP contribution in [0.1, 0.15) is 57.3 Å². The van der Waals surface area contributed by atoms with E-state index < -0.39 is 37.2 Å². The molecule has 0 unspecified atom stereocenters. The van der Waals surface area contributed by atoms with Crippen LogP contribution in [-0.4, -0.2) is 45.2 Å². The summed E-state index contributed by atoms with van der Waals surface area (Å²) in [5, 5.41) is 9.76. The molecule has 2 aromatic heterocycles. The highest BCUT2D eigenvalue weighted by molar-refractivity contribution is 6.30. The normalized spacial score (nSPS) is 18.5. The molecule has 0 spiro atoms. The van der Waals surface area contributed by atoms with Crippen molar-refractivity contribution >= 4 is 34.6 Å². The van der Waals surface area contributed by atoms with Gasteiger partial charge in [-0.1, -0.05) is 23.7 Å². The lowest BCUT2D eigenvalue weighted by Crippen LogP contribution is -2.36. The molecule has 1 saturated carbocycles. The summed E-state index contributed by atoms with van der Waals surface area (Å²) in [6, 6.07) is 11.3. The number of hydrogen-bond donors (Lipinski definition) is 1. The van der Waals surface area contributed by atoms with Crippen molar-refractivity contribution in [3.63, 3.8) is 0 Å². The zero-order valence-corrected chi connectivity index (χ0v) is 22.6. The summed E-state index contributed by atoms with van der Waals surface area (Å²) >= 11 is 5.81. The first-order valence-electron chi connectivity index (χ1n) is 14.3. The molecule has 1 aliphatic carbocycles. The van der Waals surface area contributed by atoms with E-state index in [9.17, 15) is 23.1 Å². The Kier molecular flexibility index (Phi) is 7.17. The minimum atomic E-state index is -3.24. The first-order valence-corrected chi connectivity index (χ1v) is 13.2. The first-order chi connectivity index (χ1) is 20.8. The minimum Gasteiger partial charge on any atom is -0.478 e. The molecule has 0 bridgehead atoms. The van der Waals surface area contributed by atoms with Crippen LogP contribution in [0, 0.1) is 5.82 Å². The third kappa shape index (κ3) is 6.19. The quantitative estimate of drug-likeness (QED) is 0.229. The van der Waals surface area contributed by atoms with Crippen LogP contribution in [0.5, 0.6) is 11.6 Å². The number of aryl methyl sites for hydroxylation is 1. The summed E-state index contributed by atoms with van der Waals surface area (Å²) in [6.07, 6.45) is 2.09.